The molecular weight excluding hydrogens is 224 g/mol. The lowest BCUT2D eigenvalue weighted by molar-refractivity contribution is -0.00629. The van der Waals surface area contributed by atoms with E-state index in [1.807, 2.05) is 24.3 Å². The van der Waals surface area contributed by atoms with Crippen molar-refractivity contribution >= 4 is 5.69 Å². The molecule has 0 spiro atoms. The van der Waals surface area contributed by atoms with Gasteiger partial charge in [-0.25, -0.2) is 0 Å². The molecule has 0 heterocycles. The van der Waals surface area contributed by atoms with Gasteiger partial charge >= 0.3 is 0 Å². The molecule has 1 saturated carbocycles. The third-order valence-corrected chi connectivity index (χ3v) is 4.03. The first-order valence-corrected chi connectivity index (χ1v) is 6.85. The van der Waals surface area contributed by atoms with Crippen LogP contribution in [0.5, 0.6) is 0 Å². The van der Waals surface area contributed by atoms with Gasteiger partial charge < -0.3 is 16.2 Å². The molecule has 0 atom stereocenters. The summed E-state index contributed by atoms with van der Waals surface area (Å²) in [5, 5.41) is 13.8. The zero-order valence-corrected chi connectivity index (χ0v) is 11.2. The highest BCUT2D eigenvalue weighted by Gasteiger charge is 2.31. The van der Waals surface area contributed by atoms with E-state index in [1.165, 1.54) is 0 Å². The van der Waals surface area contributed by atoms with Crippen LogP contribution in [-0.4, -0.2) is 17.3 Å². The van der Waals surface area contributed by atoms with Crippen LogP contribution in [0.4, 0.5) is 5.69 Å². The van der Waals surface area contributed by atoms with Crippen molar-refractivity contribution in [1.29, 1.82) is 0 Å². The van der Waals surface area contributed by atoms with Gasteiger partial charge in [0.2, 0.25) is 0 Å². The first-order chi connectivity index (χ1) is 8.59. The number of nitrogens with two attached hydrogens (primary N) is 1. The smallest absolute Gasteiger partial charge is 0.0771 e. The van der Waals surface area contributed by atoms with Gasteiger partial charge in [-0.1, -0.05) is 25.1 Å². The number of nitrogen functional groups attached to an aromatic ring is 1. The quantitative estimate of drug-likeness (QED) is 0.717. The van der Waals surface area contributed by atoms with Gasteiger partial charge in [-0.3, -0.25) is 0 Å². The van der Waals surface area contributed by atoms with Crippen molar-refractivity contribution in [2.45, 2.75) is 44.8 Å². The summed E-state index contributed by atoms with van der Waals surface area (Å²) in [6.45, 7) is 3.65. The highest BCUT2D eigenvalue weighted by atomic mass is 16.3. The van der Waals surface area contributed by atoms with Gasteiger partial charge in [-0.05, 0) is 43.2 Å². The average molecular weight is 248 g/mol. The first-order valence-electron chi connectivity index (χ1n) is 6.85. The molecule has 0 aromatic heterocycles. The molecule has 0 unspecified atom stereocenters. The Bertz CT molecular complexity index is 384. The second-order valence-corrected chi connectivity index (χ2v) is 5.71. The Morgan fingerprint density at radius 2 is 2.00 bits per heavy atom. The van der Waals surface area contributed by atoms with Gasteiger partial charge in [0.05, 0.1) is 5.60 Å². The van der Waals surface area contributed by atoms with Crippen LogP contribution < -0.4 is 11.1 Å². The summed E-state index contributed by atoms with van der Waals surface area (Å²) in [6, 6.07) is 7.86. The van der Waals surface area contributed by atoms with Gasteiger partial charge in [0.25, 0.3) is 0 Å². The summed E-state index contributed by atoms with van der Waals surface area (Å²) in [5.74, 6) is 0.759. The summed E-state index contributed by atoms with van der Waals surface area (Å²) in [6.07, 6.45) is 4.08. The Kier molecular flexibility index (Phi) is 4.25. The largest absolute Gasteiger partial charge is 0.398 e. The molecule has 0 aliphatic heterocycles. The molecule has 4 N–H and O–H groups in total. The molecular formula is C15H24N2O. The number of hydrogen-bond donors (Lipinski definition) is 3. The Morgan fingerprint density at radius 3 is 2.67 bits per heavy atom. The summed E-state index contributed by atoms with van der Waals surface area (Å²) < 4.78 is 0. The number of nitrogens with one attached hydrogen (secondary N) is 1. The van der Waals surface area contributed by atoms with E-state index in [-0.39, 0.29) is 0 Å². The van der Waals surface area contributed by atoms with Gasteiger partial charge in [0.1, 0.15) is 0 Å². The monoisotopic (exact) mass is 248 g/mol. The maximum absolute atomic E-state index is 10.4. The molecule has 1 fully saturated rings. The Morgan fingerprint density at radius 1 is 1.33 bits per heavy atom. The highest BCUT2D eigenvalue weighted by Crippen LogP contribution is 2.31. The summed E-state index contributed by atoms with van der Waals surface area (Å²) >= 11 is 0. The lowest BCUT2D eigenvalue weighted by atomic mass is 9.79. The fraction of sp³-hybridized carbons (Fsp3) is 0.600. The molecule has 2 rings (SSSR count). The molecule has 3 nitrogen and oxygen atoms in total. The van der Waals surface area contributed by atoms with E-state index in [0.29, 0.717) is 6.54 Å². The van der Waals surface area contributed by atoms with Crippen molar-refractivity contribution in [1.82, 2.24) is 5.32 Å². The van der Waals surface area contributed by atoms with Gasteiger partial charge in [-0.2, -0.15) is 0 Å². The van der Waals surface area contributed by atoms with Crippen LogP contribution in [0, 0.1) is 5.92 Å². The first kappa shape index (κ1) is 13.4. The standard InChI is InChI=1S/C15H24N2O/c1-12-6-8-15(18,9-7-12)11-17-10-13-4-2-3-5-14(13)16/h2-5,12,17-18H,6-11,16H2,1H3. The van der Waals surface area contributed by atoms with Crippen LogP contribution >= 0.6 is 0 Å². The minimum Gasteiger partial charge on any atom is -0.398 e. The second kappa shape index (κ2) is 5.72. The molecule has 1 aliphatic carbocycles. The van der Waals surface area contributed by atoms with Crippen LogP contribution in [-0.2, 0) is 6.54 Å². The number of anilines is 1. The molecule has 1 aromatic rings. The Balaban J connectivity index is 1.80. The SMILES string of the molecule is CC1CCC(O)(CNCc2ccccc2N)CC1. The fourth-order valence-electron chi connectivity index (χ4n) is 2.60. The lowest BCUT2D eigenvalue weighted by Gasteiger charge is -2.35. The van der Waals surface area contributed by atoms with Crippen LogP contribution in [0.1, 0.15) is 38.2 Å². The van der Waals surface area contributed by atoms with Crippen LogP contribution in [0.3, 0.4) is 0 Å². The maximum Gasteiger partial charge on any atom is 0.0771 e. The molecule has 3 heteroatoms. The maximum atomic E-state index is 10.4. The zero-order chi connectivity index (χ0) is 13.0. The van der Waals surface area contributed by atoms with Crippen molar-refractivity contribution in [2.75, 3.05) is 12.3 Å². The number of hydrogen-bond acceptors (Lipinski definition) is 3. The molecule has 0 radical (unpaired) electrons. The van der Waals surface area contributed by atoms with Crippen LogP contribution in [0.25, 0.3) is 0 Å². The van der Waals surface area contributed by atoms with E-state index in [1.54, 1.807) is 0 Å². The van der Waals surface area contributed by atoms with Crippen molar-refractivity contribution in [3.05, 3.63) is 29.8 Å². The van der Waals surface area contributed by atoms with Gasteiger partial charge in [0, 0.05) is 18.8 Å². The number of para-hydroxylation sites is 1. The molecule has 0 saturated heterocycles. The van der Waals surface area contributed by atoms with Crippen molar-refractivity contribution in [3.63, 3.8) is 0 Å². The molecule has 0 amide bonds. The summed E-state index contributed by atoms with van der Waals surface area (Å²) in [5.41, 5.74) is 7.29. The van der Waals surface area contributed by atoms with E-state index >= 15 is 0 Å². The van der Waals surface area contributed by atoms with E-state index < -0.39 is 5.60 Å². The zero-order valence-electron chi connectivity index (χ0n) is 11.2. The molecule has 18 heavy (non-hydrogen) atoms. The van der Waals surface area contributed by atoms with Gasteiger partial charge in [-0.15, -0.1) is 0 Å². The average Bonchev–Trinajstić information content (AvgIpc) is 2.36. The lowest BCUT2D eigenvalue weighted by Crippen LogP contribution is -2.43. The van der Waals surface area contributed by atoms with Gasteiger partial charge in [0.15, 0.2) is 0 Å². The minimum absolute atomic E-state index is 0.518. The van der Waals surface area contributed by atoms with E-state index in [9.17, 15) is 5.11 Å². The number of aliphatic hydroxyl groups is 1. The number of benzene rings is 1. The third-order valence-electron chi connectivity index (χ3n) is 4.03. The predicted octanol–water partition coefficient (Wildman–Crippen LogP) is 2.30. The summed E-state index contributed by atoms with van der Waals surface area (Å²) in [4.78, 5) is 0. The third kappa shape index (κ3) is 3.47. The van der Waals surface area contributed by atoms with Crippen LogP contribution in [0.15, 0.2) is 24.3 Å². The van der Waals surface area contributed by atoms with E-state index in [4.69, 9.17) is 5.73 Å². The number of rotatable bonds is 4. The molecule has 0 bridgehead atoms. The Hall–Kier alpha value is -1.06. The predicted molar refractivity (Wildman–Crippen MR) is 75.1 cm³/mol. The second-order valence-electron chi connectivity index (χ2n) is 5.71. The molecule has 1 aliphatic rings. The topological polar surface area (TPSA) is 58.3 Å². The van der Waals surface area contributed by atoms with Crippen LogP contribution in [0.2, 0.25) is 0 Å². The normalized spacial score (nSPS) is 28.2. The van der Waals surface area contributed by atoms with E-state index in [2.05, 4.69) is 12.2 Å². The van der Waals surface area contributed by atoms with Crippen molar-refractivity contribution in [2.24, 2.45) is 5.92 Å². The minimum atomic E-state index is -0.518. The fourth-order valence-corrected chi connectivity index (χ4v) is 2.60. The van der Waals surface area contributed by atoms with E-state index in [0.717, 1.165) is 49.4 Å². The Labute approximate surface area is 109 Å². The highest BCUT2D eigenvalue weighted by molar-refractivity contribution is 5.46. The summed E-state index contributed by atoms with van der Waals surface area (Å²) in [7, 11) is 0. The van der Waals surface area contributed by atoms with Crippen molar-refractivity contribution in [3.8, 4) is 0 Å². The molecule has 100 valence electrons. The van der Waals surface area contributed by atoms with Crippen molar-refractivity contribution < 1.29 is 5.11 Å². The molecule has 1 aromatic carbocycles.